The van der Waals surface area contributed by atoms with Crippen molar-refractivity contribution in [3.63, 3.8) is 0 Å². The van der Waals surface area contributed by atoms with E-state index in [0.29, 0.717) is 6.61 Å². The van der Waals surface area contributed by atoms with Gasteiger partial charge in [0, 0.05) is 4.88 Å². The third-order valence-corrected chi connectivity index (χ3v) is 5.72. The monoisotopic (exact) mass is 332 g/mol. The molecule has 1 heterocycles. The second kappa shape index (κ2) is 8.51. The summed E-state index contributed by atoms with van der Waals surface area (Å²) >= 11 is 1.70. The van der Waals surface area contributed by atoms with Gasteiger partial charge in [0.2, 0.25) is 0 Å². The zero-order valence-corrected chi connectivity index (χ0v) is 15.2. The van der Waals surface area contributed by atoms with E-state index in [1.807, 2.05) is 30.3 Å². The van der Waals surface area contributed by atoms with E-state index in [1.165, 1.54) is 4.88 Å². The summed E-state index contributed by atoms with van der Waals surface area (Å²) in [5.41, 5.74) is 0.923. The van der Waals surface area contributed by atoms with E-state index in [-0.39, 0.29) is 5.41 Å². The van der Waals surface area contributed by atoms with Crippen molar-refractivity contribution in [2.45, 2.75) is 59.2 Å². The molecule has 126 valence electrons. The second-order valence-corrected chi connectivity index (χ2v) is 7.19. The Morgan fingerprint density at radius 3 is 2.52 bits per heavy atom. The molecule has 23 heavy (non-hydrogen) atoms. The van der Waals surface area contributed by atoms with Gasteiger partial charge in [-0.25, -0.2) is 0 Å². The molecule has 0 amide bonds. The summed E-state index contributed by atoms with van der Waals surface area (Å²) in [5, 5.41) is 13.0. The molecule has 0 radical (unpaired) electrons. The lowest BCUT2D eigenvalue weighted by atomic mass is 9.71. The van der Waals surface area contributed by atoms with E-state index in [2.05, 4.69) is 32.2 Å². The van der Waals surface area contributed by atoms with E-state index in [0.717, 1.165) is 37.0 Å². The van der Waals surface area contributed by atoms with Crippen LogP contribution < -0.4 is 4.74 Å². The molecule has 2 nitrogen and oxygen atoms in total. The Morgan fingerprint density at radius 2 is 1.91 bits per heavy atom. The van der Waals surface area contributed by atoms with Crippen molar-refractivity contribution in [3.05, 3.63) is 52.2 Å². The molecular weight excluding hydrogens is 304 g/mol. The molecule has 0 aliphatic heterocycles. The maximum Gasteiger partial charge on any atom is 0.122 e. The van der Waals surface area contributed by atoms with E-state index in [4.69, 9.17) is 4.74 Å². The number of thiophene rings is 1. The molecule has 2 rings (SSSR count). The Balaban J connectivity index is 2.13. The largest absolute Gasteiger partial charge is 0.488 e. The second-order valence-electron chi connectivity index (χ2n) is 6.16. The van der Waals surface area contributed by atoms with Crippen LogP contribution in [0.5, 0.6) is 5.75 Å². The minimum atomic E-state index is -0.442. The van der Waals surface area contributed by atoms with Crippen molar-refractivity contribution < 1.29 is 9.84 Å². The predicted octanol–water partition coefficient (Wildman–Crippen LogP) is 5.97. The Labute approximate surface area is 144 Å². The molecule has 1 atom stereocenters. The highest BCUT2D eigenvalue weighted by Crippen LogP contribution is 2.44. The minimum absolute atomic E-state index is 0.0406. The SMILES string of the molecule is CCCC(CC)(CC)C(O)c1cccc(OCc2cccs2)c1. The van der Waals surface area contributed by atoms with Crippen LogP contribution in [-0.4, -0.2) is 5.11 Å². The van der Waals surface area contributed by atoms with E-state index < -0.39 is 6.10 Å². The lowest BCUT2D eigenvalue weighted by molar-refractivity contribution is 0.00808. The number of aliphatic hydroxyl groups excluding tert-OH is 1. The van der Waals surface area contributed by atoms with E-state index in [9.17, 15) is 5.11 Å². The molecule has 1 N–H and O–H groups in total. The normalized spacial score (nSPS) is 13.0. The smallest absolute Gasteiger partial charge is 0.122 e. The van der Waals surface area contributed by atoms with Gasteiger partial charge in [0.25, 0.3) is 0 Å². The maximum atomic E-state index is 11.0. The number of aliphatic hydroxyl groups is 1. The van der Waals surface area contributed by atoms with Crippen LogP contribution in [0.3, 0.4) is 0 Å². The first kappa shape index (κ1) is 18.0. The first-order valence-corrected chi connectivity index (χ1v) is 9.46. The number of hydrogen-bond donors (Lipinski definition) is 1. The van der Waals surface area contributed by atoms with Crippen LogP contribution in [0.2, 0.25) is 0 Å². The first-order valence-electron chi connectivity index (χ1n) is 8.58. The lowest BCUT2D eigenvalue weighted by Crippen LogP contribution is -2.27. The van der Waals surface area contributed by atoms with E-state index in [1.54, 1.807) is 11.3 Å². The van der Waals surface area contributed by atoms with Gasteiger partial charge in [-0.3, -0.25) is 0 Å². The van der Waals surface area contributed by atoms with Gasteiger partial charge in [0.1, 0.15) is 12.4 Å². The highest BCUT2D eigenvalue weighted by molar-refractivity contribution is 7.09. The fourth-order valence-corrected chi connectivity index (χ4v) is 3.92. The van der Waals surface area contributed by atoms with Crippen LogP contribution in [-0.2, 0) is 6.61 Å². The average molecular weight is 333 g/mol. The van der Waals surface area contributed by atoms with Gasteiger partial charge in [-0.15, -0.1) is 11.3 Å². The zero-order chi connectivity index (χ0) is 16.7. The van der Waals surface area contributed by atoms with Crippen molar-refractivity contribution in [1.29, 1.82) is 0 Å². The Hall–Kier alpha value is -1.32. The molecule has 3 heteroatoms. The highest BCUT2D eigenvalue weighted by atomic mass is 32.1. The molecule has 0 fully saturated rings. The molecule has 2 aromatic rings. The summed E-state index contributed by atoms with van der Waals surface area (Å²) in [5.74, 6) is 0.826. The van der Waals surface area contributed by atoms with Crippen LogP contribution in [0, 0.1) is 5.41 Å². The Morgan fingerprint density at radius 1 is 1.13 bits per heavy atom. The number of benzene rings is 1. The summed E-state index contributed by atoms with van der Waals surface area (Å²) in [4.78, 5) is 1.21. The van der Waals surface area contributed by atoms with Crippen LogP contribution in [0.15, 0.2) is 41.8 Å². The summed E-state index contributed by atoms with van der Waals surface area (Å²) in [7, 11) is 0. The fraction of sp³-hybridized carbons (Fsp3) is 0.500. The van der Waals surface area contributed by atoms with Gasteiger partial charge < -0.3 is 9.84 Å². The molecule has 0 aliphatic rings. The van der Waals surface area contributed by atoms with Crippen LogP contribution in [0.4, 0.5) is 0 Å². The van der Waals surface area contributed by atoms with Gasteiger partial charge in [-0.05, 0) is 53.8 Å². The molecule has 1 unspecified atom stereocenters. The molecule has 0 spiro atoms. The Kier molecular flexibility index (Phi) is 6.67. The summed E-state index contributed by atoms with van der Waals surface area (Å²) in [6.45, 7) is 7.13. The predicted molar refractivity (Wildman–Crippen MR) is 98.0 cm³/mol. The molecule has 1 aromatic heterocycles. The Bertz CT molecular complexity index is 573. The first-order chi connectivity index (χ1) is 11.1. The summed E-state index contributed by atoms with van der Waals surface area (Å²) < 4.78 is 5.88. The molecular formula is C20H28O2S. The van der Waals surface area contributed by atoms with Crippen molar-refractivity contribution in [3.8, 4) is 5.75 Å². The number of rotatable bonds is 9. The van der Waals surface area contributed by atoms with Gasteiger partial charge >= 0.3 is 0 Å². The van der Waals surface area contributed by atoms with Crippen LogP contribution in [0.25, 0.3) is 0 Å². The quantitative estimate of drug-likeness (QED) is 0.613. The molecule has 1 aromatic carbocycles. The van der Waals surface area contributed by atoms with Crippen LogP contribution in [0.1, 0.15) is 63.0 Å². The summed E-state index contributed by atoms with van der Waals surface area (Å²) in [6.07, 6.45) is 3.66. The van der Waals surface area contributed by atoms with Gasteiger partial charge in [-0.2, -0.15) is 0 Å². The number of hydrogen-bond acceptors (Lipinski definition) is 3. The van der Waals surface area contributed by atoms with Crippen molar-refractivity contribution in [2.24, 2.45) is 5.41 Å². The molecule has 0 saturated carbocycles. The fourth-order valence-electron chi connectivity index (χ4n) is 3.30. The van der Waals surface area contributed by atoms with Crippen molar-refractivity contribution >= 4 is 11.3 Å². The standard InChI is InChI=1S/C20H28O2S/c1-4-12-20(5-2,6-3)19(21)16-9-7-10-17(14-16)22-15-18-11-8-13-23-18/h7-11,13-14,19,21H,4-6,12,15H2,1-3H3. The maximum absolute atomic E-state index is 11.0. The van der Waals surface area contributed by atoms with E-state index >= 15 is 0 Å². The average Bonchev–Trinajstić information content (AvgIpc) is 3.11. The highest BCUT2D eigenvalue weighted by Gasteiger charge is 2.34. The minimum Gasteiger partial charge on any atom is -0.488 e. The molecule has 0 saturated heterocycles. The molecule has 0 bridgehead atoms. The van der Waals surface area contributed by atoms with Crippen LogP contribution >= 0.6 is 11.3 Å². The summed E-state index contributed by atoms with van der Waals surface area (Å²) in [6, 6.07) is 12.1. The third kappa shape index (κ3) is 4.36. The van der Waals surface area contributed by atoms with Gasteiger partial charge in [-0.1, -0.05) is 45.4 Å². The molecule has 0 aliphatic carbocycles. The lowest BCUT2D eigenvalue weighted by Gasteiger charge is -2.37. The number of ether oxygens (including phenoxy) is 1. The topological polar surface area (TPSA) is 29.5 Å². The zero-order valence-electron chi connectivity index (χ0n) is 14.4. The van der Waals surface area contributed by atoms with Gasteiger partial charge in [0.15, 0.2) is 0 Å². The van der Waals surface area contributed by atoms with Crippen molar-refractivity contribution in [2.75, 3.05) is 0 Å². The van der Waals surface area contributed by atoms with Crippen molar-refractivity contribution in [1.82, 2.24) is 0 Å². The van der Waals surface area contributed by atoms with Gasteiger partial charge in [0.05, 0.1) is 6.10 Å². The third-order valence-electron chi connectivity index (χ3n) is 4.87.